The summed E-state index contributed by atoms with van der Waals surface area (Å²) in [5.74, 6) is 2.35. The van der Waals surface area contributed by atoms with E-state index in [1.165, 1.54) is 24.1 Å². The second-order valence-corrected chi connectivity index (χ2v) is 8.24. The lowest BCUT2D eigenvalue weighted by Gasteiger charge is -2.33. The van der Waals surface area contributed by atoms with Gasteiger partial charge in [-0.05, 0) is 73.8 Å². The minimum absolute atomic E-state index is 0.262. The molecule has 1 unspecified atom stereocenters. The fourth-order valence-electron chi connectivity index (χ4n) is 4.39. The highest BCUT2D eigenvalue weighted by Gasteiger charge is 2.28. The molecular weight excluding hydrogens is 376 g/mol. The Kier molecular flexibility index (Phi) is 5.05. The first-order valence-corrected chi connectivity index (χ1v) is 10.4. The van der Waals surface area contributed by atoms with Gasteiger partial charge in [-0.1, -0.05) is 17.7 Å². The van der Waals surface area contributed by atoms with E-state index in [1.54, 1.807) is 0 Å². The first-order chi connectivity index (χ1) is 13.7. The van der Waals surface area contributed by atoms with Crippen LogP contribution in [0.5, 0.6) is 11.5 Å². The zero-order valence-electron chi connectivity index (χ0n) is 15.9. The summed E-state index contributed by atoms with van der Waals surface area (Å²) in [5, 5.41) is 0.769. The lowest BCUT2D eigenvalue weighted by Crippen LogP contribution is -2.39. The Bertz CT molecular complexity index is 821. The van der Waals surface area contributed by atoms with Crippen LogP contribution in [0.1, 0.15) is 24.3 Å². The second kappa shape index (κ2) is 7.82. The molecule has 2 saturated heterocycles. The monoisotopic (exact) mass is 400 g/mol. The number of fused-ring (bicyclic) bond motifs is 1. The zero-order chi connectivity index (χ0) is 18.9. The smallest absolute Gasteiger partial charge is 0.231 e. The number of anilines is 1. The van der Waals surface area contributed by atoms with E-state index in [-0.39, 0.29) is 6.10 Å². The summed E-state index contributed by atoms with van der Waals surface area (Å²) in [7, 11) is 0. The molecule has 2 aromatic carbocycles. The number of halogens is 1. The van der Waals surface area contributed by atoms with Crippen LogP contribution in [-0.4, -0.2) is 50.7 Å². The molecule has 2 aromatic rings. The SMILES string of the molecule is Clc1ccc(N2COC(CN3CCC(c4ccc5c(c4)OCO5)CC3)C2)cc1. The summed E-state index contributed by atoms with van der Waals surface area (Å²) < 4.78 is 17.0. The predicted octanol–water partition coefficient (Wildman–Crippen LogP) is 4.11. The molecule has 3 heterocycles. The summed E-state index contributed by atoms with van der Waals surface area (Å²) in [5.41, 5.74) is 2.54. The average Bonchev–Trinajstić information content (AvgIpc) is 3.38. The molecule has 5 rings (SSSR count). The Labute approximate surface area is 170 Å². The van der Waals surface area contributed by atoms with Crippen molar-refractivity contribution in [1.29, 1.82) is 0 Å². The molecule has 3 aliphatic heterocycles. The van der Waals surface area contributed by atoms with Crippen molar-refractivity contribution in [2.75, 3.05) is 44.6 Å². The molecule has 0 radical (unpaired) electrons. The van der Waals surface area contributed by atoms with Crippen molar-refractivity contribution in [3.8, 4) is 11.5 Å². The van der Waals surface area contributed by atoms with Crippen LogP contribution in [0, 0.1) is 0 Å². The molecule has 148 valence electrons. The van der Waals surface area contributed by atoms with Gasteiger partial charge < -0.3 is 24.0 Å². The Morgan fingerprint density at radius 1 is 0.964 bits per heavy atom. The van der Waals surface area contributed by atoms with Crippen LogP contribution in [0.4, 0.5) is 5.69 Å². The summed E-state index contributed by atoms with van der Waals surface area (Å²) in [6.45, 7) is 5.15. The maximum atomic E-state index is 6.04. The van der Waals surface area contributed by atoms with Crippen LogP contribution in [-0.2, 0) is 4.74 Å². The van der Waals surface area contributed by atoms with Gasteiger partial charge in [-0.25, -0.2) is 0 Å². The number of rotatable bonds is 4. The number of hydrogen-bond acceptors (Lipinski definition) is 5. The molecule has 3 aliphatic rings. The highest BCUT2D eigenvalue weighted by Crippen LogP contribution is 2.37. The molecule has 6 heteroatoms. The third kappa shape index (κ3) is 3.79. The molecule has 1 atom stereocenters. The van der Waals surface area contributed by atoms with Crippen LogP contribution in [0.2, 0.25) is 5.02 Å². The van der Waals surface area contributed by atoms with Gasteiger partial charge in [0.15, 0.2) is 11.5 Å². The first kappa shape index (κ1) is 18.1. The summed E-state index contributed by atoms with van der Waals surface area (Å²) in [6.07, 6.45) is 2.61. The van der Waals surface area contributed by atoms with E-state index in [1.807, 2.05) is 18.2 Å². The average molecular weight is 401 g/mol. The van der Waals surface area contributed by atoms with Crippen LogP contribution < -0.4 is 14.4 Å². The molecule has 0 aromatic heterocycles. The third-order valence-corrected chi connectivity index (χ3v) is 6.25. The number of benzene rings is 2. The van der Waals surface area contributed by atoms with E-state index in [9.17, 15) is 0 Å². The van der Waals surface area contributed by atoms with Crippen LogP contribution in [0.3, 0.4) is 0 Å². The second-order valence-electron chi connectivity index (χ2n) is 7.80. The topological polar surface area (TPSA) is 34.2 Å². The molecule has 28 heavy (non-hydrogen) atoms. The Morgan fingerprint density at radius 3 is 2.57 bits per heavy atom. The van der Waals surface area contributed by atoms with Gasteiger partial charge in [0.1, 0.15) is 6.73 Å². The molecule has 0 saturated carbocycles. The van der Waals surface area contributed by atoms with Gasteiger partial charge in [0, 0.05) is 23.8 Å². The molecule has 0 amide bonds. The molecule has 0 spiro atoms. The molecule has 5 nitrogen and oxygen atoms in total. The van der Waals surface area contributed by atoms with Crippen molar-refractivity contribution in [1.82, 2.24) is 4.90 Å². The number of nitrogens with zero attached hydrogens (tertiary/aromatic N) is 2. The lowest BCUT2D eigenvalue weighted by molar-refractivity contribution is 0.0692. The van der Waals surface area contributed by atoms with Crippen molar-refractivity contribution in [3.05, 3.63) is 53.1 Å². The Balaban J connectivity index is 1.12. The van der Waals surface area contributed by atoms with Crippen molar-refractivity contribution in [3.63, 3.8) is 0 Å². The van der Waals surface area contributed by atoms with Gasteiger partial charge in [0.2, 0.25) is 6.79 Å². The first-order valence-electron chi connectivity index (χ1n) is 9.98. The predicted molar refractivity (Wildman–Crippen MR) is 110 cm³/mol. The largest absolute Gasteiger partial charge is 0.454 e. The van der Waals surface area contributed by atoms with Gasteiger partial charge in [0.05, 0.1) is 6.10 Å². The van der Waals surface area contributed by atoms with Crippen LogP contribution >= 0.6 is 11.6 Å². The van der Waals surface area contributed by atoms with Crippen LogP contribution in [0.25, 0.3) is 0 Å². The summed E-state index contributed by atoms with van der Waals surface area (Å²) in [6, 6.07) is 14.4. The number of piperidine rings is 1. The minimum atomic E-state index is 0.262. The summed E-state index contributed by atoms with van der Waals surface area (Å²) in [4.78, 5) is 4.82. The van der Waals surface area contributed by atoms with E-state index in [2.05, 4.69) is 34.1 Å². The van der Waals surface area contributed by atoms with Crippen molar-refractivity contribution in [2.24, 2.45) is 0 Å². The highest BCUT2D eigenvalue weighted by molar-refractivity contribution is 6.30. The molecule has 0 N–H and O–H groups in total. The standard InChI is InChI=1S/C22H25ClN2O3/c23-18-2-4-19(5-3-18)25-13-20(26-14-25)12-24-9-7-16(8-10-24)17-1-6-21-22(11-17)28-15-27-21/h1-6,11,16,20H,7-10,12-15H2. The normalized spacial score (nSPS) is 22.8. The molecule has 0 bridgehead atoms. The van der Waals surface area contributed by atoms with Gasteiger partial charge in [-0.3, -0.25) is 0 Å². The maximum absolute atomic E-state index is 6.04. The fourth-order valence-corrected chi connectivity index (χ4v) is 4.52. The van der Waals surface area contributed by atoms with E-state index in [0.29, 0.717) is 19.4 Å². The van der Waals surface area contributed by atoms with Gasteiger partial charge in [-0.15, -0.1) is 0 Å². The van der Waals surface area contributed by atoms with E-state index >= 15 is 0 Å². The number of hydrogen-bond donors (Lipinski definition) is 0. The fraction of sp³-hybridized carbons (Fsp3) is 0.455. The molecule has 0 aliphatic carbocycles. The molecular formula is C22H25ClN2O3. The highest BCUT2D eigenvalue weighted by atomic mass is 35.5. The van der Waals surface area contributed by atoms with Gasteiger partial charge in [0.25, 0.3) is 0 Å². The van der Waals surface area contributed by atoms with Gasteiger partial charge in [-0.2, -0.15) is 0 Å². The lowest BCUT2D eigenvalue weighted by atomic mass is 9.89. The van der Waals surface area contributed by atoms with Crippen molar-refractivity contribution >= 4 is 17.3 Å². The quantitative estimate of drug-likeness (QED) is 0.771. The minimum Gasteiger partial charge on any atom is -0.454 e. The Hall–Kier alpha value is -1.95. The number of ether oxygens (including phenoxy) is 3. The number of likely N-dealkylation sites (tertiary alicyclic amines) is 1. The van der Waals surface area contributed by atoms with E-state index in [0.717, 1.165) is 42.7 Å². The van der Waals surface area contributed by atoms with E-state index in [4.69, 9.17) is 25.8 Å². The van der Waals surface area contributed by atoms with Crippen LogP contribution in [0.15, 0.2) is 42.5 Å². The molecule has 2 fully saturated rings. The zero-order valence-corrected chi connectivity index (χ0v) is 16.6. The van der Waals surface area contributed by atoms with E-state index < -0.39 is 0 Å². The van der Waals surface area contributed by atoms with Crippen molar-refractivity contribution < 1.29 is 14.2 Å². The van der Waals surface area contributed by atoms with Crippen molar-refractivity contribution in [2.45, 2.75) is 24.9 Å². The third-order valence-electron chi connectivity index (χ3n) is 6.00. The maximum Gasteiger partial charge on any atom is 0.231 e. The summed E-state index contributed by atoms with van der Waals surface area (Å²) >= 11 is 5.99. The van der Waals surface area contributed by atoms with Gasteiger partial charge >= 0.3 is 0 Å². The Morgan fingerprint density at radius 2 is 1.75 bits per heavy atom.